The average molecular weight is 189 g/mol. The zero-order valence-corrected chi connectivity index (χ0v) is 7.88. The molecule has 2 rings (SSSR count). The molecule has 0 fully saturated rings. The van der Waals surface area contributed by atoms with E-state index in [9.17, 15) is 0 Å². The second-order valence-electron chi connectivity index (χ2n) is 3.05. The summed E-state index contributed by atoms with van der Waals surface area (Å²) >= 11 is 0. The van der Waals surface area contributed by atoms with E-state index in [0.29, 0.717) is 12.4 Å². The van der Waals surface area contributed by atoms with Gasteiger partial charge in [0.15, 0.2) is 0 Å². The van der Waals surface area contributed by atoms with Gasteiger partial charge < -0.3 is 5.73 Å². The van der Waals surface area contributed by atoms with Crippen molar-refractivity contribution >= 4 is 5.82 Å². The van der Waals surface area contributed by atoms with Crippen LogP contribution in [0.2, 0.25) is 0 Å². The number of aryl methyl sites for hydroxylation is 1. The molecule has 0 aromatic carbocycles. The summed E-state index contributed by atoms with van der Waals surface area (Å²) in [7, 11) is 0. The zero-order chi connectivity index (χ0) is 9.97. The van der Waals surface area contributed by atoms with Crippen LogP contribution in [0.3, 0.4) is 0 Å². The van der Waals surface area contributed by atoms with Crippen LogP contribution >= 0.6 is 0 Å². The first kappa shape index (κ1) is 8.68. The van der Waals surface area contributed by atoms with Crippen LogP contribution in [0.5, 0.6) is 0 Å². The summed E-state index contributed by atoms with van der Waals surface area (Å²) in [6.07, 6.45) is 3.55. The van der Waals surface area contributed by atoms with Crippen LogP contribution in [0.1, 0.15) is 11.5 Å². The first-order chi connectivity index (χ1) is 6.74. The Kier molecular flexibility index (Phi) is 2.14. The van der Waals surface area contributed by atoms with Crippen LogP contribution in [0.15, 0.2) is 24.5 Å². The van der Waals surface area contributed by atoms with Crippen LogP contribution < -0.4 is 5.73 Å². The van der Waals surface area contributed by atoms with Crippen molar-refractivity contribution in [2.24, 2.45) is 0 Å². The largest absolute Gasteiger partial charge is 0.382 e. The lowest BCUT2D eigenvalue weighted by molar-refractivity contribution is 0.655. The van der Waals surface area contributed by atoms with Crippen LogP contribution in [0.25, 0.3) is 0 Å². The highest BCUT2D eigenvalue weighted by molar-refractivity contribution is 5.23. The molecule has 0 aliphatic heterocycles. The van der Waals surface area contributed by atoms with Crippen molar-refractivity contribution in [1.29, 1.82) is 0 Å². The van der Waals surface area contributed by atoms with E-state index < -0.39 is 0 Å². The fourth-order valence-corrected chi connectivity index (χ4v) is 1.19. The van der Waals surface area contributed by atoms with Gasteiger partial charge in [-0.15, -0.1) is 0 Å². The Morgan fingerprint density at radius 3 is 2.93 bits per heavy atom. The van der Waals surface area contributed by atoms with E-state index >= 15 is 0 Å². The minimum atomic E-state index is 0.512. The molecular weight excluding hydrogens is 178 g/mol. The van der Waals surface area contributed by atoms with E-state index in [-0.39, 0.29) is 0 Å². The fraction of sp³-hybridized carbons (Fsp3) is 0.222. The third-order valence-electron chi connectivity index (χ3n) is 1.81. The van der Waals surface area contributed by atoms with E-state index in [0.717, 1.165) is 11.5 Å². The molecule has 14 heavy (non-hydrogen) atoms. The molecule has 0 aliphatic carbocycles. The first-order valence-electron chi connectivity index (χ1n) is 4.31. The van der Waals surface area contributed by atoms with Crippen LogP contribution in [-0.4, -0.2) is 19.7 Å². The second kappa shape index (κ2) is 3.45. The lowest BCUT2D eigenvalue weighted by Crippen LogP contribution is -2.05. The minimum absolute atomic E-state index is 0.512. The quantitative estimate of drug-likeness (QED) is 0.751. The number of nitrogens with zero attached hydrogens (tertiary/aromatic N) is 4. The molecule has 5 nitrogen and oxygen atoms in total. The summed E-state index contributed by atoms with van der Waals surface area (Å²) in [5.74, 6) is 1.26. The molecule has 2 heterocycles. The highest BCUT2D eigenvalue weighted by Gasteiger charge is 1.99. The topological polar surface area (TPSA) is 69.6 Å². The van der Waals surface area contributed by atoms with E-state index in [1.54, 1.807) is 23.1 Å². The molecule has 2 aromatic heterocycles. The average Bonchev–Trinajstić information content (AvgIpc) is 2.51. The van der Waals surface area contributed by atoms with Crippen LogP contribution in [0, 0.1) is 6.92 Å². The summed E-state index contributed by atoms with van der Waals surface area (Å²) in [6.45, 7) is 2.49. The molecule has 0 bridgehead atoms. The highest BCUT2D eigenvalue weighted by Crippen LogP contribution is 1.99. The van der Waals surface area contributed by atoms with Gasteiger partial charge in [-0.1, -0.05) is 0 Å². The maximum atomic E-state index is 5.49. The van der Waals surface area contributed by atoms with Gasteiger partial charge >= 0.3 is 0 Å². The maximum Gasteiger partial charge on any atom is 0.149 e. The smallest absolute Gasteiger partial charge is 0.149 e. The Labute approximate surface area is 81.6 Å². The molecule has 0 amide bonds. The number of nitrogens with two attached hydrogens (primary N) is 1. The lowest BCUT2D eigenvalue weighted by Gasteiger charge is -2.00. The monoisotopic (exact) mass is 189 g/mol. The van der Waals surface area contributed by atoms with E-state index in [1.807, 2.05) is 13.0 Å². The van der Waals surface area contributed by atoms with Crippen molar-refractivity contribution in [3.63, 3.8) is 0 Å². The second-order valence-corrected chi connectivity index (χ2v) is 3.05. The van der Waals surface area contributed by atoms with Crippen molar-refractivity contribution in [1.82, 2.24) is 19.7 Å². The van der Waals surface area contributed by atoms with Crippen molar-refractivity contribution in [2.45, 2.75) is 13.5 Å². The molecule has 0 radical (unpaired) electrons. The van der Waals surface area contributed by atoms with Gasteiger partial charge in [-0.3, -0.25) is 4.68 Å². The van der Waals surface area contributed by atoms with Gasteiger partial charge in [0, 0.05) is 18.1 Å². The predicted molar refractivity (Wildman–Crippen MR) is 52.5 cm³/mol. The molecule has 2 aromatic rings. The predicted octanol–water partition coefficient (Wildman–Crippen LogP) is 0.612. The number of anilines is 1. The van der Waals surface area contributed by atoms with Crippen molar-refractivity contribution < 1.29 is 0 Å². The summed E-state index contributed by atoms with van der Waals surface area (Å²) in [5.41, 5.74) is 6.44. The lowest BCUT2D eigenvalue weighted by atomic mass is 10.4. The molecule has 0 spiro atoms. The van der Waals surface area contributed by atoms with E-state index in [1.165, 1.54) is 0 Å². The third kappa shape index (κ3) is 1.87. The molecule has 0 saturated heterocycles. The summed E-state index contributed by atoms with van der Waals surface area (Å²) in [5, 5.41) is 4.05. The number of aromatic nitrogens is 4. The molecule has 2 N–H and O–H groups in total. The van der Waals surface area contributed by atoms with E-state index in [2.05, 4.69) is 15.1 Å². The van der Waals surface area contributed by atoms with Gasteiger partial charge in [0.1, 0.15) is 18.2 Å². The van der Waals surface area contributed by atoms with Gasteiger partial charge in [-0.05, 0) is 19.1 Å². The highest BCUT2D eigenvalue weighted by atomic mass is 15.3. The number of rotatable bonds is 2. The molecular formula is C9H11N5. The van der Waals surface area contributed by atoms with E-state index in [4.69, 9.17) is 5.73 Å². The molecule has 0 aliphatic rings. The molecule has 0 saturated carbocycles. The van der Waals surface area contributed by atoms with Gasteiger partial charge in [-0.25, -0.2) is 9.97 Å². The summed E-state index contributed by atoms with van der Waals surface area (Å²) in [4.78, 5) is 8.40. The van der Waals surface area contributed by atoms with Crippen LogP contribution in [0.4, 0.5) is 5.82 Å². The van der Waals surface area contributed by atoms with Gasteiger partial charge in [-0.2, -0.15) is 5.10 Å². The normalized spacial score (nSPS) is 10.4. The van der Waals surface area contributed by atoms with Crippen molar-refractivity contribution in [2.75, 3.05) is 5.73 Å². The van der Waals surface area contributed by atoms with Crippen molar-refractivity contribution in [3.05, 3.63) is 36.0 Å². The molecule has 0 unspecified atom stereocenters. The maximum absolute atomic E-state index is 5.49. The number of nitrogen functional groups attached to an aromatic ring is 1. The Morgan fingerprint density at radius 1 is 1.43 bits per heavy atom. The standard InChI is InChI=1S/C9H11N5/c1-7-2-4-11-9(12-7)6-14-5-3-8(10)13-14/h2-5H,6H2,1H3,(H2,10,13). The van der Waals surface area contributed by atoms with Crippen LogP contribution in [-0.2, 0) is 6.54 Å². The van der Waals surface area contributed by atoms with Crippen molar-refractivity contribution in [3.8, 4) is 0 Å². The zero-order valence-electron chi connectivity index (χ0n) is 7.88. The Morgan fingerprint density at radius 2 is 2.29 bits per heavy atom. The van der Waals surface area contributed by atoms with Gasteiger partial charge in [0.25, 0.3) is 0 Å². The Balaban J connectivity index is 2.18. The molecule has 0 atom stereocenters. The number of hydrogen-bond acceptors (Lipinski definition) is 4. The summed E-state index contributed by atoms with van der Waals surface area (Å²) in [6, 6.07) is 3.61. The summed E-state index contributed by atoms with van der Waals surface area (Å²) < 4.78 is 1.71. The number of hydrogen-bond donors (Lipinski definition) is 1. The molecule has 5 heteroatoms. The molecule has 72 valence electrons. The Hall–Kier alpha value is -1.91. The SMILES string of the molecule is Cc1ccnc(Cn2ccc(N)n2)n1. The third-order valence-corrected chi connectivity index (χ3v) is 1.81. The minimum Gasteiger partial charge on any atom is -0.382 e. The van der Waals surface area contributed by atoms with Gasteiger partial charge in [0.2, 0.25) is 0 Å². The van der Waals surface area contributed by atoms with Gasteiger partial charge in [0.05, 0.1) is 0 Å². The fourth-order valence-electron chi connectivity index (χ4n) is 1.19. The first-order valence-corrected chi connectivity index (χ1v) is 4.31. The Bertz CT molecular complexity index is 434.